The van der Waals surface area contributed by atoms with Gasteiger partial charge < -0.3 is 40.9 Å². The maximum absolute atomic E-state index is 14.7. The van der Waals surface area contributed by atoms with Crippen LogP contribution in [0.5, 0.6) is 0 Å². The standard InChI is InChI=1S/C58H78N10O8/c1-35(69)65-31-39-21-17-22-40(29-39)32-66(36(2)70)49(53(75)63-57(11,12)13)45-27-20-28-46(60-45)50(54(76)64-58(14,15)16)68(38(4)72)34-42-24-18-23-41(30-42)33-67(37(3)71)48(52(74)62-56(8,9)10)44-26-19-25-43(59-44)47(65)51(73)61-55(5,6)7/h17-30,47-50H,31-34H2,1-16H3,(H,61,73)(H,62,74)(H,63,75)(H,64,76). The average Bonchev–Trinajstić information content (AvgIpc) is 3.26. The summed E-state index contributed by atoms with van der Waals surface area (Å²) in [7, 11) is 0. The molecule has 8 bridgehead atoms. The molecule has 18 nitrogen and oxygen atoms in total. The van der Waals surface area contributed by atoms with Crippen LogP contribution in [0, 0.1) is 0 Å². The van der Waals surface area contributed by atoms with E-state index in [0.717, 1.165) is 0 Å². The first kappa shape index (κ1) is 59.4. The highest BCUT2D eigenvalue weighted by Crippen LogP contribution is 2.32. The van der Waals surface area contributed by atoms with Gasteiger partial charge in [0.1, 0.15) is 0 Å². The maximum Gasteiger partial charge on any atom is 0.249 e. The molecule has 18 heteroatoms. The number of carbonyl (C=O) groups is 8. The van der Waals surface area contributed by atoms with E-state index in [1.807, 2.05) is 83.1 Å². The molecule has 2 aromatic carbocycles. The lowest BCUT2D eigenvalue weighted by Crippen LogP contribution is -2.50. The lowest BCUT2D eigenvalue weighted by Gasteiger charge is -2.35. The molecule has 4 N–H and O–H groups in total. The van der Waals surface area contributed by atoms with Crippen molar-refractivity contribution >= 4 is 47.3 Å². The summed E-state index contributed by atoms with van der Waals surface area (Å²) in [4.78, 5) is 130. The third-order valence-electron chi connectivity index (χ3n) is 12.0. The zero-order chi connectivity index (χ0) is 56.8. The fourth-order valence-corrected chi connectivity index (χ4v) is 9.02. The van der Waals surface area contributed by atoms with Crippen LogP contribution >= 0.6 is 0 Å². The van der Waals surface area contributed by atoms with Crippen molar-refractivity contribution in [1.29, 1.82) is 0 Å². The van der Waals surface area contributed by atoms with Crippen LogP contribution in [0.25, 0.3) is 0 Å². The summed E-state index contributed by atoms with van der Waals surface area (Å²) in [5.74, 6) is -4.12. The number of fused-ring (bicyclic) bond motifs is 8. The minimum atomic E-state index is -1.35. The van der Waals surface area contributed by atoms with Gasteiger partial charge in [-0.15, -0.1) is 0 Å². The number of carbonyl (C=O) groups excluding carboxylic acids is 8. The van der Waals surface area contributed by atoms with E-state index in [1.165, 1.54) is 47.3 Å². The minimum Gasteiger partial charge on any atom is -0.349 e. The van der Waals surface area contributed by atoms with Crippen LogP contribution < -0.4 is 21.3 Å². The first-order valence-electron chi connectivity index (χ1n) is 25.6. The monoisotopic (exact) mass is 1040 g/mol. The van der Waals surface area contributed by atoms with Gasteiger partial charge >= 0.3 is 0 Å². The molecule has 408 valence electrons. The summed E-state index contributed by atoms with van der Waals surface area (Å²) < 4.78 is 0. The Hall–Kier alpha value is -7.50. The van der Waals surface area contributed by atoms with Crippen LogP contribution in [-0.2, 0) is 64.5 Å². The second-order valence-electron chi connectivity index (χ2n) is 23.8. The molecule has 2 aromatic heterocycles. The number of hydrogen-bond acceptors (Lipinski definition) is 10. The molecule has 0 spiro atoms. The highest BCUT2D eigenvalue weighted by Gasteiger charge is 2.40. The van der Waals surface area contributed by atoms with Crippen LogP contribution in [0.4, 0.5) is 0 Å². The number of nitrogens with zero attached hydrogens (tertiary/aromatic N) is 6. The van der Waals surface area contributed by atoms with E-state index < -0.39 is 93.6 Å². The van der Waals surface area contributed by atoms with Gasteiger partial charge in [-0.1, -0.05) is 60.7 Å². The van der Waals surface area contributed by atoms with Gasteiger partial charge in [-0.3, -0.25) is 48.3 Å². The average molecular weight is 1040 g/mol. The van der Waals surface area contributed by atoms with Crippen LogP contribution in [0.2, 0.25) is 0 Å². The third kappa shape index (κ3) is 16.3. The second-order valence-corrected chi connectivity index (χ2v) is 23.8. The third-order valence-corrected chi connectivity index (χ3v) is 12.0. The zero-order valence-corrected chi connectivity index (χ0v) is 47.2. The van der Waals surface area contributed by atoms with Crippen LogP contribution in [0.15, 0.2) is 84.9 Å². The van der Waals surface area contributed by atoms with Crippen molar-refractivity contribution in [3.05, 3.63) is 130 Å². The Morgan fingerprint density at radius 1 is 0.355 bits per heavy atom. The summed E-state index contributed by atoms with van der Waals surface area (Å²) in [5.41, 5.74) is -0.273. The smallest absolute Gasteiger partial charge is 0.249 e. The molecule has 1 aliphatic rings. The molecule has 3 heterocycles. The van der Waals surface area contributed by atoms with Gasteiger partial charge in [0, 0.05) is 76.0 Å². The van der Waals surface area contributed by atoms with E-state index in [1.54, 1.807) is 84.9 Å². The number of amides is 8. The Balaban J connectivity index is 1.87. The number of aromatic nitrogens is 2. The van der Waals surface area contributed by atoms with Gasteiger partial charge in [0.15, 0.2) is 24.2 Å². The van der Waals surface area contributed by atoms with E-state index in [4.69, 9.17) is 9.97 Å². The molecular weight excluding hydrogens is 965 g/mol. The Morgan fingerprint density at radius 3 is 0.711 bits per heavy atom. The topological polar surface area (TPSA) is 223 Å². The summed E-state index contributed by atoms with van der Waals surface area (Å²) in [6, 6.07) is 18.4. The van der Waals surface area contributed by atoms with E-state index in [-0.39, 0.29) is 49.0 Å². The lowest BCUT2D eigenvalue weighted by molar-refractivity contribution is -0.141. The molecule has 0 saturated heterocycles. The molecule has 0 radical (unpaired) electrons. The molecule has 0 saturated carbocycles. The number of pyridine rings is 2. The molecule has 1 aliphatic heterocycles. The SMILES string of the molecule is CC(=O)N1Cc2cccc(c2)CN(C(C)=O)C(C(=O)NC(C)(C)C)c2cccc(n2)C(C(=O)NC(C)(C)C)N(C(C)=O)Cc2cccc(c2)CN(C(C)=O)C(C(=O)NC(C)(C)C)c2cccc(n2)C1C(=O)NC(C)(C)C. The normalized spacial score (nSPS) is 18.1. The van der Waals surface area contributed by atoms with Crippen molar-refractivity contribution in [2.24, 2.45) is 0 Å². The first-order chi connectivity index (χ1) is 35.1. The fraction of sp³-hybridized carbons (Fsp3) is 0.483. The zero-order valence-electron chi connectivity index (χ0n) is 47.2. The van der Waals surface area contributed by atoms with E-state index >= 15 is 0 Å². The molecular formula is C58H78N10O8. The van der Waals surface area contributed by atoms with Crippen molar-refractivity contribution in [1.82, 2.24) is 50.8 Å². The predicted molar refractivity (Wildman–Crippen MR) is 289 cm³/mol. The summed E-state index contributed by atoms with van der Waals surface area (Å²) >= 11 is 0. The number of hydrogen-bond donors (Lipinski definition) is 4. The lowest BCUT2D eigenvalue weighted by atomic mass is 10.0. The van der Waals surface area contributed by atoms with E-state index in [0.29, 0.717) is 22.3 Å². The number of benzene rings is 2. The highest BCUT2D eigenvalue weighted by atomic mass is 16.2. The largest absolute Gasteiger partial charge is 0.349 e. The van der Waals surface area contributed by atoms with Crippen molar-refractivity contribution < 1.29 is 38.4 Å². The van der Waals surface area contributed by atoms with Gasteiger partial charge in [0.2, 0.25) is 47.3 Å². The van der Waals surface area contributed by atoms with Gasteiger partial charge in [0.25, 0.3) is 0 Å². The highest BCUT2D eigenvalue weighted by molar-refractivity contribution is 5.91. The van der Waals surface area contributed by atoms with Crippen molar-refractivity contribution in [3.63, 3.8) is 0 Å². The number of rotatable bonds is 4. The van der Waals surface area contributed by atoms with Crippen molar-refractivity contribution in [2.45, 2.75) is 183 Å². The molecule has 4 unspecified atom stereocenters. The van der Waals surface area contributed by atoms with Gasteiger partial charge in [-0.25, -0.2) is 0 Å². The maximum atomic E-state index is 14.7. The van der Waals surface area contributed by atoms with Crippen molar-refractivity contribution in [3.8, 4) is 0 Å². The Bertz CT molecular complexity index is 2470. The Labute approximate surface area is 448 Å². The van der Waals surface area contributed by atoms with Gasteiger partial charge in [-0.05, 0) is 130 Å². The minimum absolute atomic E-state index is 0.122. The molecule has 4 aromatic rings. The van der Waals surface area contributed by atoms with Crippen LogP contribution in [-0.4, -0.2) is 99.0 Å². The molecule has 0 aliphatic carbocycles. The Morgan fingerprint density at radius 2 is 0.539 bits per heavy atom. The quantitative estimate of drug-likeness (QED) is 0.167. The van der Waals surface area contributed by atoms with Gasteiger partial charge in [-0.2, -0.15) is 0 Å². The Kier molecular flexibility index (Phi) is 18.4. The molecule has 8 amide bonds. The predicted octanol–water partition coefficient (Wildman–Crippen LogP) is 6.81. The molecule has 0 fully saturated rings. The second kappa shape index (κ2) is 23.6. The fourth-order valence-electron chi connectivity index (χ4n) is 9.02. The van der Waals surface area contributed by atoms with Crippen LogP contribution in [0.3, 0.4) is 0 Å². The molecule has 4 atom stereocenters. The molecule has 76 heavy (non-hydrogen) atoms. The van der Waals surface area contributed by atoms with Gasteiger partial charge in [0.05, 0.1) is 22.8 Å². The molecule has 5 rings (SSSR count). The van der Waals surface area contributed by atoms with Crippen molar-refractivity contribution in [2.75, 3.05) is 0 Å². The van der Waals surface area contributed by atoms with E-state index in [9.17, 15) is 38.4 Å². The van der Waals surface area contributed by atoms with Crippen LogP contribution in [0.1, 0.15) is 180 Å². The van der Waals surface area contributed by atoms with E-state index in [2.05, 4.69) is 21.3 Å². The summed E-state index contributed by atoms with van der Waals surface area (Å²) in [6.07, 6.45) is 0. The number of nitrogens with one attached hydrogen (secondary N) is 4. The first-order valence-corrected chi connectivity index (χ1v) is 25.6. The summed E-state index contributed by atoms with van der Waals surface area (Å²) in [5, 5.41) is 12.1. The summed E-state index contributed by atoms with van der Waals surface area (Å²) in [6.45, 7) is 26.6.